The molecule has 0 heterocycles. The van der Waals surface area contributed by atoms with Crippen LogP contribution >= 0.6 is 0 Å². The first-order valence-electron chi connectivity index (χ1n) is 7.16. The Balaban J connectivity index is 2.18. The first-order valence-corrected chi connectivity index (χ1v) is 8.58. The third-order valence-electron chi connectivity index (χ3n) is 4.01. The fourth-order valence-electron chi connectivity index (χ4n) is 2.84. The molecule has 1 aliphatic rings. The van der Waals surface area contributed by atoms with Crippen LogP contribution in [0.4, 0.5) is 0 Å². The fourth-order valence-corrected chi connectivity index (χ4v) is 3.99. The van der Waals surface area contributed by atoms with Gasteiger partial charge in [0.1, 0.15) is 0 Å². The van der Waals surface area contributed by atoms with Gasteiger partial charge in [-0.1, -0.05) is 0 Å². The number of aryl methyl sites for hydroxylation is 2. The Morgan fingerprint density at radius 3 is 2.61 bits per heavy atom. The van der Waals surface area contributed by atoms with Gasteiger partial charge in [0, 0.05) is 0 Å². The molecular formula is C17H23Zr. The van der Waals surface area contributed by atoms with Gasteiger partial charge in [0.2, 0.25) is 0 Å². The van der Waals surface area contributed by atoms with E-state index in [-0.39, 0.29) is 0 Å². The van der Waals surface area contributed by atoms with E-state index in [1.54, 1.807) is 47.0 Å². The maximum atomic E-state index is 2.44. The molecule has 0 fully saturated rings. The number of benzene rings is 1. The molecule has 1 aromatic carbocycles. The van der Waals surface area contributed by atoms with Crippen molar-refractivity contribution in [1.82, 2.24) is 0 Å². The van der Waals surface area contributed by atoms with Crippen molar-refractivity contribution in [3.63, 3.8) is 0 Å². The van der Waals surface area contributed by atoms with Gasteiger partial charge in [0.25, 0.3) is 0 Å². The van der Waals surface area contributed by atoms with Gasteiger partial charge in [-0.25, -0.2) is 0 Å². The fraction of sp³-hybridized carbons (Fsp3) is 0.529. The van der Waals surface area contributed by atoms with E-state index in [0.717, 1.165) is 0 Å². The van der Waals surface area contributed by atoms with Gasteiger partial charge in [-0.3, -0.25) is 0 Å². The molecule has 0 spiro atoms. The third-order valence-corrected chi connectivity index (χ3v) is 5.84. The van der Waals surface area contributed by atoms with E-state index in [4.69, 9.17) is 0 Å². The number of fused-ring (bicyclic) bond motifs is 1. The maximum absolute atomic E-state index is 2.44. The van der Waals surface area contributed by atoms with Crippen LogP contribution in [-0.4, -0.2) is 0 Å². The Morgan fingerprint density at radius 2 is 1.89 bits per heavy atom. The molecule has 0 bridgehead atoms. The Hall–Kier alpha value is -0.157. The second-order valence-corrected chi connectivity index (χ2v) is 6.92. The van der Waals surface area contributed by atoms with Gasteiger partial charge in [-0.15, -0.1) is 0 Å². The van der Waals surface area contributed by atoms with Crippen molar-refractivity contribution < 1.29 is 24.7 Å². The summed E-state index contributed by atoms with van der Waals surface area (Å²) >= 11 is 1.63. The SMILES string of the molecule is CCCCCCc1ccc(C)c2c1C=C(C)[CH]2[Zr]. The zero-order chi connectivity index (χ0) is 13.1. The molecule has 0 aromatic heterocycles. The number of hydrogen-bond acceptors (Lipinski definition) is 0. The number of allylic oxidation sites excluding steroid dienone is 1. The van der Waals surface area contributed by atoms with Gasteiger partial charge < -0.3 is 0 Å². The molecule has 2 rings (SSSR count). The molecule has 1 aliphatic carbocycles. The van der Waals surface area contributed by atoms with E-state index in [1.807, 2.05) is 0 Å². The number of rotatable bonds is 5. The predicted molar refractivity (Wildman–Crippen MR) is 75.4 cm³/mol. The van der Waals surface area contributed by atoms with Crippen molar-refractivity contribution in [1.29, 1.82) is 0 Å². The minimum atomic E-state index is 0.711. The van der Waals surface area contributed by atoms with Gasteiger partial charge >= 0.3 is 127 Å². The summed E-state index contributed by atoms with van der Waals surface area (Å²) in [7, 11) is 0. The summed E-state index contributed by atoms with van der Waals surface area (Å²) < 4.78 is 0.711. The van der Waals surface area contributed by atoms with E-state index in [2.05, 4.69) is 39.0 Å². The topological polar surface area (TPSA) is 0 Å². The molecule has 0 aliphatic heterocycles. The molecule has 0 amide bonds. The van der Waals surface area contributed by atoms with Gasteiger partial charge in [0.05, 0.1) is 0 Å². The average Bonchev–Trinajstić information content (AvgIpc) is 2.65. The molecular weight excluding hydrogens is 295 g/mol. The van der Waals surface area contributed by atoms with Crippen LogP contribution in [0.25, 0.3) is 6.08 Å². The molecule has 1 aromatic rings. The quantitative estimate of drug-likeness (QED) is 0.661. The van der Waals surface area contributed by atoms with E-state index < -0.39 is 0 Å². The average molecular weight is 319 g/mol. The van der Waals surface area contributed by atoms with Crippen LogP contribution in [0.2, 0.25) is 0 Å². The molecule has 1 unspecified atom stereocenters. The first-order chi connectivity index (χ1) is 8.65. The van der Waals surface area contributed by atoms with Crippen molar-refractivity contribution in [3.05, 3.63) is 40.0 Å². The van der Waals surface area contributed by atoms with Crippen LogP contribution < -0.4 is 0 Å². The molecule has 0 nitrogen and oxygen atoms in total. The van der Waals surface area contributed by atoms with Crippen molar-refractivity contribution in [2.75, 3.05) is 0 Å². The molecule has 0 N–H and O–H groups in total. The Labute approximate surface area is 127 Å². The molecule has 18 heavy (non-hydrogen) atoms. The number of hydrogen-bond donors (Lipinski definition) is 0. The van der Waals surface area contributed by atoms with Crippen LogP contribution in [0.3, 0.4) is 0 Å². The monoisotopic (exact) mass is 317 g/mol. The summed E-state index contributed by atoms with van der Waals surface area (Å²) in [5.74, 6) is 0. The van der Waals surface area contributed by atoms with Crippen LogP contribution in [0.5, 0.6) is 0 Å². The standard InChI is InChI=1S/C17H23.Zr/c1-4-5-6-7-8-15-10-9-14(3)16-11-13(2)12-17(15)16;/h9-12H,4-8H2,1-3H3;. The summed E-state index contributed by atoms with van der Waals surface area (Å²) in [5, 5.41) is 0. The van der Waals surface area contributed by atoms with Crippen LogP contribution in [-0.2, 0) is 31.1 Å². The van der Waals surface area contributed by atoms with E-state index >= 15 is 0 Å². The molecule has 0 saturated carbocycles. The van der Waals surface area contributed by atoms with Crippen molar-refractivity contribution >= 4 is 6.08 Å². The normalized spacial score (nSPS) is 17.7. The summed E-state index contributed by atoms with van der Waals surface area (Å²) in [6, 6.07) is 4.69. The van der Waals surface area contributed by atoms with Crippen molar-refractivity contribution in [3.8, 4) is 0 Å². The van der Waals surface area contributed by atoms with E-state index in [9.17, 15) is 0 Å². The number of unbranched alkanes of at least 4 members (excludes halogenated alkanes) is 3. The molecule has 95 valence electrons. The van der Waals surface area contributed by atoms with Gasteiger partial charge in [-0.2, -0.15) is 0 Å². The summed E-state index contributed by atoms with van der Waals surface area (Å²) in [4.78, 5) is 0. The van der Waals surface area contributed by atoms with Gasteiger partial charge in [-0.05, 0) is 0 Å². The zero-order valence-corrected chi connectivity index (χ0v) is 14.3. The molecule has 0 radical (unpaired) electrons. The van der Waals surface area contributed by atoms with Crippen LogP contribution in [0.1, 0.15) is 65.4 Å². The van der Waals surface area contributed by atoms with Gasteiger partial charge in [0.15, 0.2) is 0 Å². The molecule has 1 atom stereocenters. The summed E-state index contributed by atoms with van der Waals surface area (Å²) in [6.45, 7) is 6.84. The molecule has 0 saturated heterocycles. The third kappa shape index (κ3) is 2.88. The first kappa shape index (κ1) is 14.3. The van der Waals surface area contributed by atoms with Crippen LogP contribution in [0.15, 0.2) is 17.7 Å². The van der Waals surface area contributed by atoms with Crippen LogP contribution in [0, 0.1) is 6.92 Å². The summed E-state index contributed by atoms with van der Waals surface area (Å²) in [6.07, 6.45) is 9.13. The summed E-state index contributed by atoms with van der Waals surface area (Å²) in [5.41, 5.74) is 7.81. The van der Waals surface area contributed by atoms with E-state index in [1.165, 1.54) is 37.7 Å². The van der Waals surface area contributed by atoms with Crippen molar-refractivity contribution in [2.45, 2.75) is 56.5 Å². The minimum absolute atomic E-state index is 0.711. The molecule has 1 heteroatoms. The Bertz CT molecular complexity index is 457. The Morgan fingerprint density at radius 1 is 1.11 bits per heavy atom. The Kier molecular flexibility index (Phi) is 5.01. The zero-order valence-electron chi connectivity index (χ0n) is 11.8. The predicted octanol–water partition coefficient (Wildman–Crippen LogP) is 5.12. The van der Waals surface area contributed by atoms with Crippen molar-refractivity contribution in [2.24, 2.45) is 0 Å². The second kappa shape index (κ2) is 6.33. The second-order valence-electron chi connectivity index (χ2n) is 5.50. The van der Waals surface area contributed by atoms with E-state index in [0.29, 0.717) is 3.63 Å².